The molecular weight excluding hydrogens is 672 g/mol. The Hall–Kier alpha value is -2.69. The molecule has 33 heavy (non-hydrogen) atoms. The van der Waals surface area contributed by atoms with Crippen molar-refractivity contribution < 1.29 is 14.5 Å². The van der Waals surface area contributed by atoms with Crippen LogP contribution in [0.3, 0.4) is 0 Å². The number of nitro groups is 1. The topological polar surface area (TPSA) is 105 Å². The number of carbonyl (C=O) groups is 1. The van der Waals surface area contributed by atoms with Crippen LogP contribution in [0.5, 0.6) is 5.75 Å². The van der Waals surface area contributed by atoms with Crippen molar-refractivity contribution >= 4 is 80.1 Å². The quantitative estimate of drug-likeness (QED) is 0.0995. The predicted molar refractivity (Wildman–Crippen MR) is 143 cm³/mol. The Morgan fingerprint density at radius 2 is 1.79 bits per heavy atom. The highest BCUT2D eigenvalue weighted by molar-refractivity contribution is 14.1. The highest BCUT2D eigenvalue weighted by atomic mass is 127. The van der Waals surface area contributed by atoms with E-state index in [2.05, 4.69) is 50.5 Å². The molecule has 7 nitrogen and oxygen atoms in total. The average Bonchev–Trinajstić information content (AvgIpc) is 2.78. The van der Waals surface area contributed by atoms with Crippen LogP contribution in [0.15, 0.2) is 66.2 Å². The van der Waals surface area contributed by atoms with Crippen LogP contribution in [0.2, 0.25) is 5.02 Å². The summed E-state index contributed by atoms with van der Waals surface area (Å²) >= 11 is 10.3. The minimum absolute atomic E-state index is 0.0194. The Labute approximate surface area is 221 Å². The number of halogens is 3. The summed E-state index contributed by atoms with van der Waals surface area (Å²) in [6.45, 7) is 0.239. The van der Waals surface area contributed by atoms with Crippen LogP contribution in [-0.4, -0.2) is 10.8 Å². The van der Waals surface area contributed by atoms with E-state index >= 15 is 0 Å². The number of nitriles is 1. The number of hydrogen-bond acceptors (Lipinski definition) is 5. The summed E-state index contributed by atoms with van der Waals surface area (Å²) in [6, 6.07) is 18.4. The van der Waals surface area contributed by atoms with Crippen molar-refractivity contribution in [2.45, 2.75) is 6.61 Å². The van der Waals surface area contributed by atoms with Gasteiger partial charge in [-0.2, -0.15) is 5.26 Å². The van der Waals surface area contributed by atoms with Gasteiger partial charge in [-0.25, -0.2) is 0 Å². The number of hydrogen-bond donors (Lipinski definition) is 1. The number of carbonyl (C=O) groups excluding carboxylic acids is 1. The van der Waals surface area contributed by atoms with E-state index < -0.39 is 10.8 Å². The van der Waals surface area contributed by atoms with E-state index in [1.54, 1.807) is 48.5 Å². The Balaban J connectivity index is 1.75. The van der Waals surface area contributed by atoms with Gasteiger partial charge in [0.05, 0.1) is 22.8 Å². The number of nitrogens with one attached hydrogen (secondary N) is 1. The molecule has 0 heterocycles. The lowest BCUT2D eigenvalue weighted by Crippen LogP contribution is -2.13. The maximum atomic E-state index is 12.5. The van der Waals surface area contributed by atoms with E-state index in [1.807, 2.05) is 6.07 Å². The van der Waals surface area contributed by atoms with E-state index in [0.717, 1.165) is 12.7 Å². The molecule has 0 unspecified atom stereocenters. The van der Waals surface area contributed by atoms with E-state index in [4.69, 9.17) is 16.3 Å². The first kappa shape index (κ1) is 24.9. The van der Waals surface area contributed by atoms with Crippen LogP contribution in [-0.2, 0) is 11.4 Å². The van der Waals surface area contributed by atoms with Crippen molar-refractivity contribution in [2.75, 3.05) is 5.32 Å². The van der Waals surface area contributed by atoms with Crippen LogP contribution in [0.4, 0.5) is 11.4 Å². The lowest BCUT2D eigenvalue weighted by molar-refractivity contribution is -0.384. The lowest BCUT2D eigenvalue weighted by Gasteiger charge is -2.12. The summed E-state index contributed by atoms with van der Waals surface area (Å²) in [5, 5.41) is 23.3. The van der Waals surface area contributed by atoms with Gasteiger partial charge in [-0.3, -0.25) is 14.9 Å². The smallest absolute Gasteiger partial charge is 0.269 e. The molecular formula is C23H14ClI2N3O4. The second kappa shape index (κ2) is 11.4. The molecule has 1 N–H and O–H groups in total. The fourth-order valence-corrected chi connectivity index (χ4v) is 5.05. The highest BCUT2D eigenvalue weighted by Crippen LogP contribution is 2.31. The SMILES string of the molecule is N#C/C(=C\c1cc(I)c(OCc2ccc([N+](=O)[O-])cc2)c(I)c1)C(=O)Nc1ccccc1Cl. The number of non-ortho nitro benzene ring substituents is 1. The number of nitrogens with zero attached hydrogens (tertiary/aromatic N) is 2. The van der Waals surface area contributed by atoms with Crippen LogP contribution in [0.25, 0.3) is 6.08 Å². The van der Waals surface area contributed by atoms with Crippen molar-refractivity contribution in [3.8, 4) is 11.8 Å². The van der Waals surface area contributed by atoms with Gasteiger partial charge in [0.1, 0.15) is 24.0 Å². The van der Waals surface area contributed by atoms with Crippen LogP contribution >= 0.6 is 56.8 Å². The van der Waals surface area contributed by atoms with Crippen molar-refractivity contribution in [3.63, 3.8) is 0 Å². The third-order valence-corrected chi connectivity index (χ3v) is 6.28. The summed E-state index contributed by atoms with van der Waals surface area (Å²) < 4.78 is 7.49. The van der Waals surface area contributed by atoms with Crippen molar-refractivity contribution in [1.29, 1.82) is 5.26 Å². The standard InChI is InChI=1S/C23H14ClI2N3O4/c24-18-3-1-2-4-21(18)28-23(30)16(12-27)9-15-10-19(25)22(20(26)11-15)33-13-14-5-7-17(8-6-14)29(31)32/h1-11H,13H2,(H,28,30)/b16-9+. The first-order valence-corrected chi connectivity index (χ1v) is 11.8. The number of anilines is 1. The minimum Gasteiger partial charge on any atom is -0.487 e. The summed E-state index contributed by atoms with van der Waals surface area (Å²) in [5.41, 5.74) is 1.83. The molecule has 0 fully saturated rings. The number of amides is 1. The molecule has 3 rings (SSSR count). The van der Waals surface area contributed by atoms with Crippen molar-refractivity contribution in [2.24, 2.45) is 0 Å². The number of nitro benzene ring substituents is 1. The molecule has 3 aromatic carbocycles. The molecule has 0 aliphatic carbocycles. The van der Waals surface area contributed by atoms with Gasteiger partial charge in [-0.05, 0) is 98.8 Å². The molecule has 166 valence electrons. The molecule has 3 aromatic rings. The van der Waals surface area contributed by atoms with Gasteiger partial charge in [0, 0.05) is 12.1 Å². The van der Waals surface area contributed by atoms with Gasteiger partial charge in [-0.1, -0.05) is 23.7 Å². The molecule has 10 heteroatoms. The molecule has 1 amide bonds. The van der Waals surface area contributed by atoms with E-state index in [0.29, 0.717) is 22.0 Å². The summed E-state index contributed by atoms with van der Waals surface area (Å²) in [7, 11) is 0. The maximum absolute atomic E-state index is 12.5. The van der Waals surface area contributed by atoms with Crippen molar-refractivity contribution in [1.82, 2.24) is 0 Å². The Morgan fingerprint density at radius 1 is 1.15 bits per heavy atom. The zero-order chi connectivity index (χ0) is 24.0. The zero-order valence-electron chi connectivity index (χ0n) is 16.7. The Bertz CT molecular complexity index is 1260. The summed E-state index contributed by atoms with van der Waals surface area (Å²) in [4.78, 5) is 22.9. The van der Waals surface area contributed by atoms with E-state index in [1.165, 1.54) is 18.2 Å². The summed E-state index contributed by atoms with van der Waals surface area (Å²) in [6.07, 6.45) is 1.50. The first-order chi connectivity index (χ1) is 15.8. The van der Waals surface area contributed by atoms with Gasteiger partial charge >= 0.3 is 0 Å². The second-order valence-electron chi connectivity index (χ2n) is 6.63. The number of rotatable bonds is 7. The number of para-hydroxylation sites is 1. The monoisotopic (exact) mass is 685 g/mol. The molecule has 0 radical (unpaired) electrons. The molecule has 0 aromatic heterocycles. The molecule has 0 aliphatic heterocycles. The fourth-order valence-electron chi connectivity index (χ4n) is 2.74. The van der Waals surface area contributed by atoms with Gasteiger partial charge < -0.3 is 10.1 Å². The van der Waals surface area contributed by atoms with Crippen LogP contribution in [0, 0.1) is 28.6 Å². The fraction of sp³-hybridized carbons (Fsp3) is 0.0435. The van der Waals surface area contributed by atoms with E-state index in [-0.39, 0.29) is 17.9 Å². The molecule has 0 aliphatic rings. The lowest BCUT2D eigenvalue weighted by atomic mass is 10.1. The predicted octanol–water partition coefficient (Wildman–Crippen LogP) is 6.58. The molecule has 0 bridgehead atoms. The molecule has 0 atom stereocenters. The first-order valence-electron chi connectivity index (χ1n) is 9.31. The largest absolute Gasteiger partial charge is 0.487 e. The zero-order valence-corrected chi connectivity index (χ0v) is 21.8. The van der Waals surface area contributed by atoms with Crippen LogP contribution in [0.1, 0.15) is 11.1 Å². The summed E-state index contributed by atoms with van der Waals surface area (Å²) in [5.74, 6) is 0.0832. The second-order valence-corrected chi connectivity index (χ2v) is 9.36. The minimum atomic E-state index is -0.561. The van der Waals surface area contributed by atoms with Gasteiger partial charge in [0.25, 0.3) is 11.6 Å². The highest BCUT2D eigenvalue weighted by Gasteiger charge is 2.14. The van der Waals surface area contributed by atoms with Gasteiger partial charge in [0.2, 0.25) is 0 Å². The van der Waals surface area contributed by atoms with Gasteiger partial charge in [0.15, 0.2) is 0 Å². The van der Waals surface area contributed by atoms with Crippen molar-refractivity contribution in [3.05, 3.63) is 99.6 Å². The molecule has 0 saturated carbocycles. The normalized spacial score (nSPS) is 10.9. The van der Waals surface area contributed by atoms with Gasteiger partial charge in [-0.15, -0.1) is 0 Å². The maximum Gasteiger partial charge on any atom is 0.269 e. The van der Waals surface area contributed by atoms with Crippen LogP contribution < -0.4 is 10.1 Å². The Morgan fingerprint density at radius 3 is 2.36 bits per heavy atom. The average molecular weight is 686 g/mol. The Kier molecular flexibility index (Phi) is 8.65. The number of benzene rings is 3. The molecule has 0 saturated heterocycles. The third-order valence-electron chi connectivity index (χ3n) is 4.35. The van der Waals surface area contributed by atoms with E-state index in [9.17, 15) is 20.2 Å². The molecule has 0 spiro atoms. The number of ether oxygens (including phenoxy) is 1. The third kappa shape index (κ3) is 6.66.